The van der Waals surface area contributed by atoms with Crippen LogP contribution >= 0.6 is 11.5 Å². The second-order valence-corrected chi connectivity index (χ2v) is 9.50. The van der Waals surface area contributed by atoms with E-state index in [2.05, 4.69) is 14.9 Å². The highest BCUT2D eigenvalue weighted by atomic mass is 32.2. The first-order valence-electron chi connectivity index (χ1n) is 8.26. The number of sulfone groups is 1. The molecule has 0 spiro atoms. The predicted octanol–water partition coefficient (Wildman–Crippen LogP) is 2.42. The number of nitrogens with one attached hydrogen (secondary N) is 1. The minimum absolute atomic E-state index is 0.0453. The first kappa shape index (κ1) is 15.2. The number of carbonyl (C=O) groups is 1. The van der Waals surface area contributed by atoms with Crippen molar-refractivity contribution in [1.82, 2.24) is 14.9 Å². The third-order valence-corrected chi connectivity index (χ3v) is 7.77. The zero-order valence-corrected chi connectivity index (χ0v) is 14.9. The maximum Gasteiger partial charge on any atom is 0.177 e. The van der Waals surface area contributed by atoms with Crippen molar-refractivity contribution in [3.05, 3.63) is 45.6 Å². The number of dihydropyridines is 1. The van der Waals surface area contributed by atoms with Gasteiger partial charge in [-0.15, -0.1) is 5.10 Å². The summed E-state index contributed by atoms with van der Waals surface area (Å²) in [5.41, 5.74) is 3.83. The Morgan fingerprint density at radius 3 is 2.92 bits per heavy atom. The van der Waals surface area contributed by atoms with Gasteiger partial charge in [-0.1, -0.05) is 10.6 Å². The van der Waals surface area contributed by atoms with Crippen molar-refractivity contribution in [3.63, 3.8) is 0 Å². The molecule has 1 atom stereocenters. The summed E-state index contributed by atoms with van der Waals surface area (Å²) in [6.07, 6.45) is 2.55. The summed E-state index contributed by atoms with van der Waals surface area (Å²) >= 11 is 1.30. The van der Waals surface area contributed by atoms with Gasteiger partial charge >= 0.3 is 0 Å². The molecule has 25 heavy (non-hydrogen) atoms. The molecule has 1 unspecified atom stereocenters. The molecule has 5 rings (SSSR count). The molecule has 1 N–H and O–H groups in total. The van der Waals surface area contributed by atoms with Gasteiger partial charge in [-0.25, -0.2) is 8.42 Å². The molecule has 0 radical (unpaired) electrons. The van der Waals surface area contributed by atoms with E-state index in [0.717, 1.165) is 40.0 Å². The molecule has 2 aliphatic heterocycles. The van der Waals surface area contributed by atoms with Crippen LogP contribution in [-0.2, 0) is 14.6 Å². The lowest BCUT2D eigenvalue weighted by Crippen LogP contribution is -2.32. The lowest BCUT2D eigenvalue weighted by molar-refractivity contribution is -0.116. The van der Waals surface area contributed by atoms with Gasteiger partial charge in [0.05, 0.1) is 21.3 Å². The number of nitrogens with zero attached hydrogens (tertiary/aromatic N) is 2. The first-order chi connectivity index (χ1) is 12.0. The largest absolute Gasteiger partial charge is 0.361 e. The van der Waals surface area contributed by atoms with Crippen LogP contribution in [0.1, 0.15) is 37.2 Å². The molecule has 3 heterocycles. The Hall–Kier alpha value is -2.06. The first-order valence-corrected chi connectivity index (χ1v) is 10.7. The Balaban J connectivity index is 1.77. The summed E-state index contributed by atoms with van der Waals surface area (Å²) in [6.45, 7) is 0. The third-order valence-electron chi connectivity index (χ3n) is 5.17. The number of Topliss-reactive ketones (excluding diaryl/α,β-unsaturated/α-hetero) is 1. The summed E-state index contributed by atoms with van der Waals surface area (Å²) in [5.74, 6) is -0.363. The van der Waals surface area contributed by atoms with Crippen LogP contribution in [0.2, 0.25) is 0 Å². The Morgan fingerprint density at radius 1 is 1.16 bits per heavy atom. The van der Waals surface area contributed by atoms with Crippen LogP contribution < -0.4 is 5.32 Å². The molecule has 0 bridgehead atoms. The number of fused-ring (bicyclic) bond motifs is 1. The molecule has 1 aromatic carbocycles. The van der Waals surface area contributed by atoms with E-state index in [-0.39, 0.29) is 11.5 Å². The Morgan fingerprint density at radius 2 is 2.04 bits per heavy atom. The number of hydrogen-bond acceptors (Lipinski definition) is 7. The fraction of sp³-hybridized carbons (Fsp3) is 0.353. The van der Waals surface area contributed by atoms with Gasteiger partial charge in [0.2, 0.25) is 0 Å². The third kappa shape index (κ3) is 2.20. The SMILES string of the molecule is O=C1CCCC2=C1C(c1ccc3snnc3c1)C1=C(CCS1(=O)=O)N2. The van der Waals surface area contributed by atoms with Gasteiger partial charge in [-0.05, 0) is 42.1 Å². The van der Waals surface area contributed by atoms with Gasteiger partial charge in [0.15, 0.2) is 15.6 Å². The summed E-state index contributed by atoms with van der Waals surface area (Å²) in [6, 6.07) is 5.69. The van der Waals surface area contributed by atoms with Crippen LogP contribution in [0.4, 0.5) is 0 Å². The zero-order valence-electron chi connectivity index (χ0n) is 13.3. The fourth-order valence-corrected chi connectivity index (χ4v) is 6.45. The van der Waals surface area contributed by atoms with Crippen LogP contribution in [0.5, 0.6) is 0 Å². The van der Waals surface area contributed by atoms with Gasteiger partial charge in [-0.3, -0.25) is 4.79 Å². The number of rotatable bonds is 1. The molecule has 0 fully saturated rings. The monoisotopic (exact) mass is 373 g/mol. The van der Waals surface area contributed by atoms with Gasteiger partial charge in [0.1, 0.15) is 5.52 Å². The molecule has 1 aliphatic carbocycles. The molecule has 3 aliphatic rings. The Bertz CT molecular complexity index is 1100. The second kappa shape index (κ2) is 5.22. The summed E-state index contributed by atoms with van der Waals surface area (Å²) in [7, 11) is -3.36. The van der Waals surface area contributed by atoms with Crippen molar-refractivity contribution in [1.29, 1.82) is 0 Å². The van der Waals surface area contributed by atoms with E-state index in [4.69, 9.17) is 0 Å². The normalized spacial score (nSPS) is 25.1. The standard InChI is InChI=1S/C17H15N3O3S2/c21-13-3-1-2-10-16(13)15(17-11(18-10)6-7-25(17,22)23)9-4-5-14-12(8-9)19-20-24-14/h4-5,8,15,18H,1-3,6-7H2. The van der Waals surface area contributed by atoms with Crippen LogP contribution in [-0.4, -0.2) is 29.5 Å². The molecular formula is C17H15N3O3S2. The zero-order chi connectivity index (χ0) is 17.2. The van der Waals surface area contributed by atoms with Crippen LogP contribution in [0, 0.1) is 0 Å². The van der Waals surface area contributed by atoms with Gasteiger partial charge < -0.3 is 5.32 Å². The van der Waals surface area contributed by atoms with Crippen molar-refractivity contribution in [2.75, 3.05) is 5.75 Å². The minimum Gasteiger partial charge on any atom is -0.361 e. The molecular weight excluding hydrogens is 358 g/mol. The van der Waals surface area contributed by atoms with E-state index in [9.17, 15) is 13.2 Å². The van der Waals surface area contributed by atoms with Gasteiger partial charge in [0, 0.05) is 29.8 Å². The molecule has 128 valence electrons. The molecule has 2 aromatic rings. The van der Waals surface area contributed by atoms with Crippen molar-refractivity contribution in [2.24, 2.45) is 0 Å². The highest BCUT2D eigenvalue weighted by molar-refractivity contribution is 7.95. The fourth-order valence-electron chi connectivity index (χ4n) is 4.07. The van der Waals surface area contributed by atoms with Crippen LogP contribution in [0.3, 0.4) is 0 Å². The molecule has 0 saturated heterocycles. The van der Waals surface area contributed by atoms with E-state index in [1.54, 1.807) is 0 Å². The summed E-state index contributed by atoms with van der Waals surface area (Å²) in [5, 5.41) is 7.37. The molecule has 6 nitrogen and oxygen atoms in total. The van der Waals surface area contributed by atoms with Crippen LogP contribution in [0.15, 0.2) is 40.1 Å². The van der Waals surface area contributed by atoms with E-state index in [0.29, 0.717) is 23.3 Å². The number of hydrogen-bond donors (Lipinski definition) is 1. The van der Waals surface area contributed by atoms with Crippen molar-refractivity contribution in [3.8, 4) is 0 Å². The molecule has 8 heteroatoms. The molecule has 0 amide bonds. The van der Waals surface area contributed by atoms with Crippen molar-refractivity contribution >= 4 is 37.4 Å². The topological polar surface area (TPSA) is 89.0 Å². The van der Waals surface area contributed by atoms with Gasteiger partial charge in [0.25, 0.3) is 0 Å². The molecule has 1 aromatic heterocycles. The van der Waals surface area contributed by atoms with E-state index in [1.165, 1.54) is 11.5 Å². The highest BCUT2D eigenvalue weighted by Crippen LogP contribution is 2.47. The number of carbonyl (C=O) groups excluding carboxylic acids is 1. The Labute approximate surface area is 148 Å². The van der Waals surface area contributed by atoms with E-state index < -0.39 is 15.8 Å². The van der Waals surface area contributed by atoms with Gasteiger partial charge in [-0.2, -0.15) is 0 Å². The number of aromatic nitrogens is 2. The highest BCUT2D eigenvalue weighted by Gasteiger charge is 2.44. The maximum atomic E-state index is 12.7. The average molecular weight is 373 g/mol. The number of allylic oxidation sites excluding steroid dienone is 4. The summed E-state index contributed by atoms with van der Waals surface area (Å²) in [4.78, 5) is 13.1. The maximum absolute atomic E-state index is 12.7. The lowest BCUT2D eigenvalue weighted by Gasteiger charge is -2.33. The van der Waals surface area contributed by atoms with E-state index >= 15 is 0 Å². The van der Waals surface area contributed by atoms with Crippen LogP contribution in [0.25, 0.3) is 10.2 Å². The average Bonchev–Trinajstić information content (AvgIpc) is 3.17. The summed E-state index contributed by atoms with van der Waals surface area (Å²) < 4.78 is 30.3. The predicted molar refractivity (Wildman–Crippen MR) is 94.6 cm³/mol. The minimum atomic E-state index is -3.36. The number of ketones is 1. The van der Waals surface area contributed by atoms with Crippen molar-refractivity contribution < 1.29 is 13.2 Å². The quantitative estimate of drug-likeness (QED) is 0.826. The second-order valence-electron chi connectivity index (χ2n) is 6.64. The van der Waals surface area contributed by atoms with Crippen molar-refractivity contribution in [2.45, 2.75) is 31.6 Å². The smallest absolute Gasteiger partial charge is 0.177 e. The molecule has 0 saturated carbocycles. The Kier molecular flexibility index (Phi) is 3.18. The lowest BCUT2D eigenvalue weighted by atomic mass is 9.79. The number of benzene rings is 1. The van der Waals surface area contributed by atoms with E-state index in [1.807, 2.05) is 18.2 Å².